The van der Waals surface area contributed by atoms with Gasteiger partial charge in [0.1, 0.15) is 11.6 Å². The lowest BCUT2D eigenvalue weighted by Crippen LogP contribution is -2.15. The van der Waals surface area contributed by atoms with Crippen LogP contribution in [-0.4, -0.2) is 30.6 Å². The molecule has 3 heterocycles. The summed E-state index contributed by atoms with van der Waals surface area (Å²) in [5, 5.41) is 15.1. The van der Waals surface area contributed by atoms with Gasteiger partial charge in [0.15, 0.2) is 11.5 Å². The number of hydrogen-bond donors (Lipinski definition) is 1. The van der Waals surface area contributed by atoms with Gasteiger partial charge >= 0.3 is 0 Å². The van der Waals surface area contributed by atoms with Crippen molar-refractivity contribution < 1.29 is 13.7 Å². The van der Waals surface area contributed by atoms with Gasteiger partial charge < -0.3 is 9.84 Å². The van der Waals surface area contributed by atoms with Crippen LogP contribution in [0.25, 0.3) is 17.0 Å². The molecule has 3 aromatic heterocycles. The minimum Gasteiger partial charge on any atom is -0.355 e. The molecule has 0 atom stereocenters. The molecule has 0 unspecified atom stereocenters. The van der Waals surface area contributed by atoms with Crippen LogP contribution in [0.15, 0.2) is 53.3 Å². The summed E-state index contributed by atoms with van der Waals surface area (Å²) in [6.07, 6.45) is 3.47. The molecular weight excluding hydrogens is 363 g/mol. The average molecular weight is 380 g/mol. The SMILES string of the molecule is CCn1cc(-c2cc(C(=O)Nc3cc(C)nn3-c3ccc(F)cc3)no2)cn1. The minimum atomic E-state index is -0.443. The standard InChI is InChI=1S/C19H17FN6O2/c1-3-25-11-13(10-21-25)17-9-16(24-28-17)19(27)22-18-8-12(2)23-26(18)15-6-4-14(20)5-7-15/h4-11H,3H2,1-2H3,(H,22,27). The zero-order valence-electron chi connectivity index (χ0n) is 15.3. The van der Waals surface area contributed by atoms with Crippen LogP contribution in [0.5, 0.6) is 0 Å². The minimum absolute atomic E-state index is 0.128. The zero-order valence-corrected chi connectivity index (χ0v) is 15.3. The second-order valence-electron chi connectivity index (χ2n) is 6.17. The first kappa shape index (κ1) is 17.7. The van der Waals surface area contributed by atoms with E-state index < -0.39 is 5.91 Å². The van der Waals surface area contributed by atoms with Crippen molar-refractivity contribution in [3.8, 4) is 17.0 Å². The maximum absolute atomic E-state index is 13.2. The number of rotatable bonds is 5. The highest BCUT2D eigenvalue weighted by Gasteiger charge is 2.17. The molecule has 0 spiro atoms. The second-order valence-corrected chi connectivity index (χ2v) is 6.17. The summed E-state index contributed by atoms with van der Waals surface area (Å²) in [6, 6.07) is 9.09. The van der Waals surface area contributed by atoms with Gasteiger partial charge in [-0.2, -0.15) is 10.2 Å². The number of carbonyl (C=O) groups is 1. The van der Waals surface area contributed by atoms with Crippen molar-refractivity contribution >= 4 is 11.7 Å². The summed E-state index contributed by atoms with van der Waals surface area (Å²) in [6.45, 7) is 4.51. The fourth-order valence-electron chi connectivity index (χ4n) is 2.73. The highest BCUT2D eigenvalue weighted by molar-refractivity contribution is 6.03. The molecule has 0 saturated carbocycles. The third-order valence-corrected chi connectivity index (χ3v) is 4.13. The molecular formula is C19H17FN6O2. The van der Waals surface area contributed by atoms with Crippen molar-refractivity contribution in [1.29, 1.82) is 0 Å². The molecule has 0 aliphatic carbocycles. The third-order valence-electron chi connectivity index (χ3n) is 4.13. The number of carbonyl (C=O) groups excluding carboxylic acids is 1. The Morgan fingerprint density at radius 2 is 2.04 bits per heavy atom. The Hall–Kier alpha value is -3.75. The van der Waals surface area contributed by atoms with Crippen molar-refractivity contribution in [2.45, 2.75) is 20.4 Å². The van der Waals surface area contributed by atoms with Crippen LogP contribution in [-0.2, 0) is 6.54 Å². The number of halogens is 1. The van der Waals surface area contributed by atoms with Gasteiger partial charge in [-0.15, -0.1) is 0 Å². The fourth-order valence-corrected chi connectivity index (χ4v) is 2.73. The van der Waals surface area contributed by atoms with Crippen molar-refractivity contribution in [2.24, 2.45) is 0 Å². The van der Waals surface area contributed by atoms with Gasteiger partial charge in [-0.25, -0.2) is 9.07 Å². The quantitative estimate of drug-likeness (QED) is 0.573. The Morgan fingerprint density at radius 1 is 1.25 bits per heavy atom. The van der Waals surface area contributed by atoms with E-state index in [1.165, 1.54) is 16.8 Å². The van der Waals surface area contributed by atoms with Gasteiger partial charge in [0, 0.05) is 24.9 Å². The van der Waals surface area contributed by atoms with E-state index in [2.05, 4.69) is 20.7 Å². The van der Waals surface area contributed by atoms with E-state index >= 15 is 0 Å². The molecule has 1 amide bonds. The van der Waals surface area contributed by atoms with Crippen molar-refractivity contribution in [2.75, 3.05) is 5.32 Å². The predicted octanol–water partition coefficient (Wildman–Crippen LogP) is 3.44. The molecule has 8 nitrogen and oxygen atoms in total. The van der Waals surface area contributed by atoms with Crippen LogP contribution in [0, 0.1) is 12.7 Å². The van der Waals surface area contributed by atoms with E-state index in [1.807, 2.05) is 13.1 Å². The molecule has 9 heteroatoms. The molecule has 0 radical (unpaired) electrons. The van der Waals surface area contributed by atoms with E-state index in [9.17, 15) is 9.18 Å². The largest absolute Gasteiger partial charge is 0.355 e. The van der Waals surface area contributed by atoms with Crippen LogP contribution >= 0.6 is 0 Å². The number of anilines is 1. The lowest BCUT2D eigenvalue weighted by atomic mass is 10.2. The predicted molar refractivity (Wildman–Crippen MR) is 99.6 cm³/mol. The van der Waals surface area contributed by atoms with Gasteiger partial charge in [-0.1, -0.05) is 5.16 Å². The molecule has 1 N–H and O–H groups in total. The van der Waals surface area contributed by atoms with Crippen LogP contribution in [0.3, 0.4) is 0 Å². The fraction of sp³-hybridized carbons (Fsp3) is 0.158. The molecule has 0 bridgehead atoms. The molecule has 0 fully saturated rings. The van der Waals surface area contributed by atoms with E-state index in [-0.39, 0.29) is 11.5 Å². The van der Waals surface area contributed by atoms with E-state index in [4.69, 9.17) is 4.52 Å². The van der Waals surface area contributed by atoms with Crippen LogP contribution < -0.4 is 5.32 Å². The van der Waals surface area contributed by atoms with Crippen molar-refractivity contribution in [3.05, 3.63) is 66.0 Å². The monoisotopic (exact) mass is 380 g/mol. The third kappa shape index (κ3) is 3.41. The number of amides is 1. The summed E-state index contributed by atoms with van der Waals surface area (Å²) in [4.78, 5) is 12.6. The Morgan fingerprint density at radius 3 is 2.75 bits per heavy atom. The topological polar surface area (TPSA) is 90.8 Å². The molecule has 4 aromatic rings. The summed E-state index contributed by atoms with van der Waals surface area (Å²) >= 11 is 0. The molecule has 1 aromatic carbocycles. The Labute approximate surface area is 159 Å². The summed E-state index contributed by atoms with van der Waals surface area (Å²) in [5.74, 6) is 0.103. The van der Waals surface area contributed by atoms with Gasteiger partial charge in [-0.05, 0) is 38.1 Å². The number of benzene rings is 1. The molecule has 0 aliphatic rings. The number of hydrogen-bond acceptors (Lipinski definition) is 5. The maximum Gasteiger partial charge on any atom is 0.279 e. The second kappa shape index (κ2) is 7.10. The van der Waals surface area contributed by atoms with Gasteiger partial charge in [0.25, 0.3) is 5.91 Å². The lowest BCUT2D eigenvalue weighted by Gasteiger charge is -2.07. The smallest absolute Gasteiger partial charge is 0.279 e. The summed E-state index contributed by atoms with van der Waals surface area (Å²) in [5.41, 5.74) is 2.19. The Balaban J connectivity index is 1.57. The molecule has 4 rings (SSSR count). The normalized spacial score (nSPS) is 11.0. The molecule has 0 saturated heterocycles. The summed E-state index contributed by atoms with van der Waals surface area (Å²) < 4.78 is 21.7. The number of nitrogens with one attached hydrogen (secondary N) is 1. The molecule has 142 valence electrons. The van der Waals surface area contributed by atoms with E-state index in [0.717, 1.165) is 12.1 Å². The highest BCUT2D eigenvalue weighted by atomic mass is 19.1. The Bertz CT molecular complexity index is 1130. The zero-order chi connectivity index (χ0) is 19.7. The number of nitrogens with zero attached hydrogens (tertiary/aromatic N) is 5. The first-order valence-corrected chi connectivity index (χ1v) is 8.67. The first-order chi connectivity index (χ1) is 13.5. The van der Waals surface area contributed by atoms with Crippen LogP contribution in [0.2, 0.25) is 0 Å². The number of aromatic nitrogens is 5. The van der Waals surface area contributed by atoms with Gasteiger partial charge in [0.2, 0.25) is 0 Å². The molecule has 0 aliphatic heterocycles. The molecule has 28 heavy (non-hydrogen) atoms. The Kier molecular flexibility index (Phi) is 4.48. The highest BCUT2D eigenvalue weighted by Crippen LogP contribution is 2.22. The van der Waals surface area contributed by atoms with Gasteiger partial charge in [0.05, 0.1) is 23.1 Å². The van der Waals surface area contributed by atoms with E-state index in [1.54, 1.807) is 42.1 Å². The van der Waals surface area contributed by atoms with Crippen molar-refractivity contribution in [3.63, 3.8) is 0 Å². The van der Waals surface area contributed by atoms with Crippen LogP contribution in [0.4, 0.5) is 10.2 Å². The van der Waals surface area contributed by atoms with Gasteiger partial charge in [-0.3, -0.25) is 9.48 Å². The lowest BCUT2D eigenvalue weighted by molar-refractivity contribution is 0.101. The van der Waals surface area contributed by atoms with Crippen molar-refractivity contribution in [1.82, 2.24) is 24.7 Å². The van der Waals surface area contributed by atoms with Crippen LogP contribution in [0.1, 0.15) is 23.1 Å². The first-order valence-electron chi connectivity index (χ1n) is 8.67. The average Bonchev–Trinajstić information content (AvgIpc) is 3.41. The maximum atomic E-state index is 13.2. The van der Waals surface area contributed by atoms with E-state index in [0.29, 0.717) is 23.0 Å². The number of aryl methyl sites for hydroxylation is 2. The summed E-state index contributed by atoms with van der Waals surface area (Å²) in [7, 11) is 0.